The highest BCUT2D eigenvalue weighted by Gasteiger charge is 2.32. The van der Waals surface area contributed by atoms with E-state index in [1.807, 2.05) is 19.1 Å². The second-order valence-electron chi connectivity index (χ2n) is 5.11. The first kappa shape index (κ1) is 13.4. The van der Waals surface area contributed by atoms with Crippen molar-refractivity contribution in [2.45, 2.75) is 19.3 Å². The number of carboxylic acid groups (broad SMARTS) is 1. The van der Waals surface area contributed by atoms with Crippen LogP contribution in [-0.4, -0.2) is 16.9 Å². The molecule has 0 saturated carbocycles. The number of rotatable bonds is 2. The Morgan fingerprint density at radius 2 is 1.95 bits per heavy atom. The van der Waals surface area contributed by atoms with Gasteiger partial charge in [0.1, 0.15) is 11.5 Å². The molecule has 1 aliphatic heterocycles. The van der Waals surface area contributed by atoms with Crippen LogP contribution in [0.5, 0.6) is 11.5 Å². The molecule has 1 unspecified atom stereocenters. The maximum atomic E-state index is 12.7. The summed E-state index contributed by atoms with van der Waals surface area (Å²) in [5.41, 5.74) is 1.92. The van der Waals surface area contributed by atoms with Gasteiger partial charge in [0.15, 0.2) is 5.78 Å². The molecule has 0 saturated heterocycles. The van der Waals surface area contributed by atoms with Gasteiger partial charge in [-0.15, -0.1) is 0 Å². The van der Waals surface area contributed by atoms with E-state index in [2.05, 4.69) is 0 Å². The van der Waals surface area contributed by atoms with Crippen molar-refractivity contribution < 1.29 is 19.4 Å². The molecule has 1 heterocycles. The van der Waals surface area contributed by atoms with Gasteiger partial charge >= 0.3 is 5.97 Å². The molecule has 0 aromatic heterocycles. The number of carbonyl (C=O) groups excluding carboxylic acids is 1. The number of ether oxygens (including phenoxy) is 1. The number of hydrogen-bond donors (Lipinski definition) is 1. The fourth-order valence-electron chi connectivity index (χ4n) is 2.66. The highest BCUT2D eigenvalue weighted by molar-refractivity contribution is 6.06. The summed E-state index contributed by atoms with van der Waals surface area (Å²) in [6, 6.07) is 12.4. The molecular formula is C17H14O4. The van der Waals surface area contributed by atoms with Gasteiger partial charge in [-0.25, -0.2) is 0 Å². The molecule has 0 spiro atoms. The summed E-state index contributed by atoms with van der Waals surface area (Å²) in [5, 5.41) is 9.11. The molecule has 1 aliphatic rings. The second-order valence-corrected chi connectivity index (χ2v) is 5.11. The second kappa shape index (κ2) is 5.05. The maximum Gasteiger partial charge on any atom is 0.304 e. The number of hydrogen-bond acceptors (Lipinski definition) is 3. The van der Waals surface area contributed by atoms with Crippen LogP contribution in [0.2, 0.25) is 0 Å². The van der Waals surface area contributed by atoms with E-state index in [1.54, 1.807) is 30.3 Å². The Hall–Kier alpha value is -2.62. The zero-order chi connectivity index (χ0) is 15.0. The van der Waals surface area contributed by atoms with Crippen LogP contribution in [0.3, 0.4) is 0 Å². The van der Waals surface area contributed by atoms with Crippen molar-refractivity contribution in [3.63, 3.8) is 0 Å². The third kappa shape index (κ3) is 2.29. The molecule has 2 aromatic rings. The maximum absolute atomic E-state index is 12.7. The van der Waals surface area contributed by atoms with E-state index in [0.717, 1.165) is 5.56 Å². The van der Waals surface area contributed by atoms with Crippen molar-refractivity contribution in [3.05, 3.63) is 59.2 Å². The Bertz CT molecular complexity index is 733. The van der Waals surface area contributed by atoms with Crippen LogP contribution in [0, 0.1) is 6.92 Å². The number of para-hydroxylation sites is 2. The summed E-state index contributed by atoms with van der Waals surface area (Å²) in [5.74, 6) is -0.866. The number of Topliss-reactive ketones (excluding diaryl/α,β-unsaturated/α-hetero) is 1. The molecule has 0 bridgehead atoms. The number of benzene rings is 2. The van der Waals surface area contributed by atoms with Crippen LogP contribution >= 0.6 is 0 Å². The van der Waals surface area contributed by atoms with E-state index in [-0.39, 0.29) is 12.2 Å². The molecule has 0 aliphatic carbocycles. The van der Waals surface area contributed by atoms with Gasteiger partial charge in [-0.3, -0.25) is 9.59 Å². The molecule has 21 heavy (non-hydrogen) atoms. The van der Waals surface area contributed by atoms with Crippen LogP contribution in [0.1, 0.15) is 33.8 Å². The number of ketones is 1. The van der Waals surface area contributed by atoms with Gasteiger partial charge in [-0.2, -0.15) is 0 Å². The predicted molar refractivity (Wildman–Crippen MR) is 77.0 cm³/mol. The normalized spacial score (nSPS) is 16.4. The monoisotopic (exact) mass is 282 g/mol. The van der Waals surface area contributed by atoms with Crippen molar-refractivity contribution in [2.24, 2.45) is 0 Å². The quantitative estimate of drug-likeness (QED) is 0.915. The first-order valence-corrected chi connectivity index (χ1v) is 6.70. The standard InChI is InChI=1S/C17H14O4/c1-10-5-4-7-12-16(20)13(9-15(18)19)11-6-2-3-8-14(11)21-17(10)12/h2-8,13H,9H2,1H3,(H,18,19). The van der Waals surface area contributed by atoms with Crippen LogP contribution in [0.4, 0.5) is 0 Å². The highest BCUT2D eigenvalue weighted by Crippen LogP contribution is 2.41. The molecule has 3 rings (SSSR count). The lowest BCUT2D eigenvalue weighted by atomic mass is 9.87. The Morgan fingerprint density at radius 1 is 1.19 bits per heavy atom. The van der Waals surface area contributed by atoms with Crippen LogP contribution in [0.25, 0.3) is 0 Å². The van der Waals surface area contributed by atoms with Crippen LogP contribution in [-0.2, 0) is 4.79 Å². The molecule has 2 aromatic carbocycles. The minimum Gasteiger partial charge on any atom is -0.481 e. The van der Waals surface area contributed by atoms with Crippen LogP contribution in [0.15, 0.2) is 42.5 Å². The summed E-state index contributed by atoms with van der Waals surface area (Å²) < 4.78 is 5.90. The Labute approximate surface area is 122 Å². The van der Waals surface area contributed by atoms with E-state index < -0.39 is 11.9 Å². The van der Waals surface area contributed by atoms with E-state index in [1.165, 1.54) is 0 Å². The molecule has 4 heteroatoms. The first-order valence-electron chi connectivity index (χ1n) is 6.70. The Kier molecular flexibility index (Phi) is 3.22. The Morgan fingerprint density at radius 3 is 2.71 bits per heavy atom. The summed E-state index contributed by atoms with van der Waals surface area (Å²) in [7, 11) is 0. The summed E-state index contributed by atoms with van der Waals surface area (Å²) in [4.78, 5) is 23.9. The van der Waals surface area contributed by atoms with Gasteiger partial charge < -0.3 is 9.84 Å². The molecular weight excluding hydrogens is 268 g/mol. The summed E-state index contributed by atoms with van der Waals surface area (Å²) in [6.45, 7) is 1.87. The van der Waals surface area contributed by atoms with Crippen molar-refractivity contribution in [2.75, 3.05) is 0 Å². The zero-order valence-corrected chi connectivity index (χ0v) is 11.5. The third-order valence-electron chi connectivity index (χ3n) is 3.68. The molecule has 106 valence electrons. The lowest BCUT2D eigenvalue weighted by Crippen LogP contribution is -2.16. The molecule has 1 atom stereocenters. The Balaban J connectivity index is 2.22. The van der Waals surface area contributed by atoms with Gasteiger partial charge in [0, 0.05) is 5.56 Å². The average Bonchev–Trinajstić information content (AvgIpc) is 2.57. The number of carboxylic acids is 1. The molecule has 1 N–H and O–H groups in total. The van der Waals surface area contributed by atoms with Crippen molar-refractivity contribution >= 4 is 11.8 Å². The first-order chi connectivity index (χ1) is 10.1. The van der Waals surface area contributed by atoms with Gasteiger partial charge in [0.2, 0.25) is 0 Å². The predicted octanol–water partition coefficient (Wildman–Crippen LogP) is 3.54. The van der Waals surface area contributed by atoms with Crippen LogP contribution < -0.4 is 4.74 Å². The topological polar surface area (TPSA) is 63.6 Å². The number of aliphatic carboxylic acids is 1. The summed E-state index contributed by atoms with van der Waals surface area (Å²) >= 11 is 0. The molecule has 4 nitrogen and oxygen atoms in total. The average molecular weight is 282 g/mol. The van der Waals surface area contributed by atoms with E-state index in [9.17, 15) is 9.59 Å². The molecule has 0 fully saturated rings. The minimum absolute atomic E-state index is 0.207. The van der Waals surface area contributed by atoms with Gasteiger partial charge in [0.25, 0.3) is 0 Å². The lowest BCUT2D eigenvalue weighted by molar-refractivity contribution is -0.137. The van der Waals surface area contributed by atoms with Crippen molar-refractivity contribution in [1.82, 2.24) is 0 Å². The van der Waals surface area contributed by atoms with E-state index >= 15 is 0 Å². The van der Waals surface area contributed by atoms with Gasteiger partial charge in [0.05, 0.1) is 17.9 Å². The minimum atomic E-state index is -1.00. The largest absolute Gasteiger partial charge is 0.481 e. The fraction of sp³-hybridized carbons (Fsp3) is 0.176. The summed E-state index contributed by atoms with van der Waals surface area (Å²) in [6.07, 6.45) is -0.243. The van der Waals surface area contributed by atoms with E-state index in [0.29, 0.717) is 22.6 Å². The molecule has 0 radical (unpaired) electrons. The zero-order valence-electron chi connectivity index (χ0n) is 11.5. The third-order valence-corrected chi connectivity index (χ3v) is 3.68. The van der Waals surface area contributed by atoms with Crippen molar-refractivity contribution in [3.8, 4) is 11.5 Å². The highest BCUT2D eigenvalue weighted by atomic mass is 16.5. The van der Waals surface area contributed by atoms with Crippen molar-refractivity contribution in [1.29, 1.82) is 0 Å². The lowest BCUT2D eigenvalue weighted by Gasteiger charge is -2.13. The number of aryl methyl sites for hydroxylation is 1. The molecule has 0 amide bonds. The number of fused-ring (bicyclic) bond motifs is 2. The smallest absolute Gasteiger partial charge is 0.304 e. The van der Waals surface area contributed by atoms with E-state index in [4.69, 9.17) is 9.84 Å². The fourth-order valence-corrected chi connectivity index (χ4v) is 2.66. The number of carbonyl (C=O) groups is 2. The van der Waals surface area contributed by atoms with Gasteiger partial charge in [-0.1, -0.05) is 30.3 Å². The van der Waals surface area contributed by atoms with Gasteiger partial charge in [-0.05, 0) is 24.6 Å². The SMILES string of the molecule is Cc1cccc2c1Oc1ccccc1C(CC(=O)O)C2=O.